The molecule has 0 unspecified atom stereocenters. The number of aryl methyl sites for hydroxylation is 1. The maximum absolute atomic E-state index is 5.74. The maximum atomic E-state index is 5.74. The molecular formula is C18H14N4O2. The van der Waals surface area contributed by atoms with E-state index in [1.807, 2.05) is 55.5 Å². The normalized spacial score (nSPS) is 10.9. The summed E-state index contributed by atoms with van der Waals surface area (Å²) in [4.78, 5) is 12.8. The highest BCUT2D eigenvalue weighted by Crippen LogP contribution is 2.23. The highest BCUT2D eigenvalue weighted by atomic mass is 16.5. The fourth-order valence-corrected chi connectivity index (χ4v) is 2.47. The van der Waals surface area contributed by atoms with Crippen molar-refractivity contribution in [2.24, 2.45) is 0 Å². The molecule has 6 nitrogen and oxygen atoms in total. The summed E-state index contributed by atoms with van der Waals surface area (Å²) < 4.78 is 11.0. The smallest absolute Gasteiger partial charge is 0.264 e. The Morgan fingerprint density at radius 3 is 2.75 bits per heavy atom. The van der Waals surface area contributed by atoms with E-state index in [1.165, 1.54) is 6.33 Å². The van der Waals surface area contributed by atoms with Crippen LogP contribution in [-0.2, 0) is 6.61 Å². The zero-order valence-electron chi connectivity index (χ0n) is 13.0. The molecular weight excluding hydrogens is 304 g/mol. The topological polar surface area (TPSA) is 73.9 Å². The molecule has 24 heavy (non-hydrogen) atoms. The molecule has 6 heteroatoms. The molecule has 0 N–H and O–H groups in total. The van der Waals surface area contributed by atoms with Crippen molar-refractivity contribution < 1.29 is 9.26 Å². The summed E-state index contributed by atoms with van der Waals surface area (Å²) in [7, 11) is 0. The first kappa shape index (κ1) is 14.3. The van der Waals surface area contributed by atoms with Crippen LogP contribution in [0.5, 0.6) is 5.88 Å². The second-order valence-electron chi connectivity index (χ2n) is 5.31. The van der Waals surface area contributed by atoms with Crippen molar-refractivity contribution in [1.29, 1.82) is 0 Å². The molecule has 0 spiro atoms. The van der Waals surface area contributed by atoms with E-state index in [2.05, 4.69) is 20.1 Å². The minimum atomic E-state index is 0.153. The molecule has 0 aliphatic rings. The first-order chi connectivity index (χ1) is 11.8. The largest absolute Gasteiger partial charge is 0.467 e. The van der Waals surface area contributed by atoms with E-state index < -0.39 is 0 Å². The minimum absolute atomic E-state index is 0.153. The second kappa shape index (κ2) is 6.08. The molecule has 2 aromatic carbocycles. The van der Waals surface area contributed by atoms with Crippen molar-refractivity contribution in [3.05, 3.63) is 66.3 Å². The molecule has 0 radical (unpaired) electrons. The van der Waals surface area contributed by atoms with Crippen LogP contribution in [0.2, 0.25) is 0 Å². The summed E-state index contributed by atoms with van der Waals surface area (Å²) >= 11 is 0. The van der Waals surface area contributed by atoms with Gasteiger partial charge in [0.25, 0.3) is 5.89 Å². The molecule has 0 atom stereocenters. The lowest BCUT2D eigenvalue weighted by Crippen LogP contribution is -1.99. The van der Waals surface area contributed by atoms with Crippen LogP contribution in [0.3, 0.4) is 0 Å². The predicted octanol–water partition coefficient (Wildman–Crippen LogP) is 3.57. The number of nitrogens with zero attached hydrogens (tertiary/aromatic N) is 4. The monoisotopic (exact) mass is 318 g/mol. The van der Waals surface area contributed by atoms with Crippen LogP contribution in [0.1, 0.15) is 11.5 Å². The van der Waals surface area contributed by atoms with Crippen LogP contribution in [0.25, 0.3) is 22.3 Å². The summed E-state index contributed by atoms with van der Waals surface area (Å²) in [6.07, 6.45) is 1.48. The molecule has 2 aromatic heterocycles. The summed E-state index contributed by atoms with van der Waals surface area (Å²) in [6.45, 7) is 2.16. The number of rotatable bonds is 4. The van der Waals surface area contributed by atoms with Crippen molar-refractivity contribution >= 4 is 10.9 Å². The fraction of sp³-hybridized carbons (Fsp3) is 0.111. The van der Waals surface area contributed by atoms with Gasteiger partial charge in [-0.2, -0.15) is 4.98 Å². The fourth-order valence-electron chi connectivity index (χ4n) is 2.47. The number of aromatic nitrogens is 4. The molecule has 0 saturated carbocycles. The molecule has 4 aromatic rings. The van der Waals surface area contributed by atoms with Crippen molar-refractivity contribution in [2.75, 3.05) is 0 Å². The highest BCUT2D eigenvalue weighted by Gasteiger charge is 2.12. The standard InChI is InChI=1S/C18H14N4O2/c1-12-6-2-3-7-13(12)17-21-16(24-22-17)10-23-18-14-8-4-5-9-15(14)19-11-20-18/h2-9,11H,10H2,1H3. The van der Waals surface area contributed by atoms with Crippen molar-refractivity contribution in [1.82, 2.24) is 20.1 Å². The molecule has 0 bridgehead atoms. The number of ether oxygens (including phenoxy) is 1. The maximum Gasteiger partial charge on any atom is 0.264 e. The van der Waals surface area contributed by atoms with Gasteiger partial charge in [0.05, 0.1) is 10.9 Å². The molecule has 0 aliphatic heterocycles. The number of para-hydroxylation sites is 1. The van der Waals surface area contributed by atoms with Crippen LogP contribution < -0.4 is 4.74 Å². The Hall–Kier alpha value is -3.28. The zero-order valence-corrected chi connectivity index (χ0v) is 13.0. The average Bonchev–Trinajstić information content (AvgIpc) is 3.09. The Morgan fingerprint density at radius 1 is 1.00 bits per heavy atom. The van der Waals surface area contributed by atoms with Gasteiger partial charge in [-0.1, -0.05) is 41.6 Å². The minimum Gasteiger partial charge on any atom is -0.467 e. The van der Waals surface area contributed by atoms with Gasteiger partial charge < -0.3 is 9.26 Å². The lowest BCUT2D eigenvalue weighted by Gasteiger charge is -2.04. The number of hydrogen-bond acceptors (Lipinski definition) is 6. The first-order valence-corrected chi connectivity index (χ1v) is 7.52. The van der Waals surface area contributed by atoms with Gasteiger partial charge in [0.2, 0.25) is 11.7 Å². The number of fused-ring (bicyclic) bond motifs is 1. The van der Waals surface area contributed by atoms with E-state index in [-0.39, 0.29) is 6.61 Å². The second-order valence-corrected chi connectivity index (χ2v) is 5.31. The van der Waals surface area contributed by atoms with Crippen LogP contribution in [0, 0.1) is 6.92 Å². The van der Waals surface area contributed by atoms with Crippen molar-refractivity contribution in [3.8, 4) is 17.3 Å². The van der Waals surface area contributed by atoms with E-state index in [0.717, 1.165) is 22.0 Å². The van der Waals surface area contributed by atoms with Gasteiger partial charge in [-0.05, 0) is 24.6 Å². The summed E-state index contributed by atoms with van der Waals surface area (Å²) in [5.41, 5.74) is 2.86. The van der Waals surface area contributed by atoms with Crippen LogP contribution in [0.15, 0.2) is 59.4 Å². The van der Waals surface area contributed by atoms with E-state index in [4.69, 9.17) is 9.26 Å². The summed E-state index contributed by atoms with van der Waals surface area (Å²) in [6, 6.07) is 15.6. The lowest BCUT2D eigenvalue weighted by atomic mass is 10.1. The van der Waals surface area contributed by atoms with Gasteiger partial charge in [-0.15, -0.1) is 0 Å². The molecule has 0 saturated heterocycles. The lowest BCUT2D eigenvalue weighted by molar-refractivity contribution is 0.238. The van der Waals surface area contributed by atoms with Crippen LogP contribution in [-0.4, -0.2) is 20.1 Å². The zero-order chi connectivity index (χ0) is 16.4. The Kier molecular flexibility index (Phi) is 3.63. The van der Waals surface area contributed by atoms with Crippen LogP contribution in [0.4, 0.5) is 0 Å². The van der Waals surface area contributed by atoms with E-state index >= 15 is 0 Å². The number of hydrogen-bond donors (Lipinski definition) is 0. The van der Waals surface area contributed by atoms with Gasteiger partial charge in [-0.3, -0.25) is 0 Å². The first-order valence-electron chi connectivity index (χ1n) is 7.52. The Labute approximate surface area is 138 Å². The van der Waals surface area contributed by atoms with Crippen molar-refractivity contribution in [2.45, 2.75) is 13.5 Å². The third kappa shape index (κ3) is 2.69. The SMILES string of the molecule is Cc1ccccc1-c1noc(COc2ncnc3ccccc23)n1. The summed E-state index contributed by atoms with van der Waals surface area (Å²) in [5.74, 6) is 1.45. The Balaban J connectivity index is 1.56. The highest BCUT2D eigenvalue weighted by molar-refractivity contribution is 5.82. The molecule has 0 amide bonds. The van der Waals surface area contributed by atoms with Gasteiger partial charge in [0.15, 0.2) is 6.61 Å². The van der Waals surface area contributed by atoms with Gasteiger partial charge in [-0.25, -0.2) is 9.97 Å². The average molecular weight is 318 g/mol. The quantitative estimate of drug-likeness (QED) is 0.573. The molecule has 0 fully saturated rings. The molecule has 4 rings (SSSR count). The van der Waals surface area contributed by atoms with E-state index in [9.17, 15) is 0 Å². The third-order valence-corrected chi connectivity index (χ3v) is 3.69. The molecule has 0 aliphatic carbocycles. The number of benzene rings is 2. The van der Waals surface area contributed by atoms with E-state index in [0.29, 0.717) is 17.6 Å². The predicted molar refractivity (Wildman–Crippen MR) is 88.3 cm³/mol. The van der Waals surface area contributed by atoms with Gasteiger partial charge in [0, 0.05) is 5.56 Å². The van der Waals surface area contributed by atoms with Crippen LogP contribution >= 0.6 is 0 Å². The van der Waals surface area contributed by atoms with Gasteiger partial charge >= 0.3 is 0 Å². The van der Waals surface area contributed by atoms with Gasteiger partial charge in [0.1, 0.15) is 6.33 Å². The summed E-state index contributed by atoms with van der Waals surface area (Å²) in [5, 5.41) is 4.87. The molecule has 118 valence electrons. The van der Waals surface area contributed by atoms with E-state index in [1.54, 1.807) is 0 Å². The Bertz CT molecular complexity index is 992. The Morgan fingerprint density at radius 2 is 1.83 bits per heavy atom. The van der Waals surface area contributed by atoms with Crippen molar-refractivity contribution in [3.63, 3.8) is 0 Å². The molecule has 2 heterocycles. The third-order valence-electron chi connectivity index (χ3n) is 3.69.